The smallest absolute Gasteiger partial charge is 0.260 e. The van der Waals surface area contributed by atoms with Crippen LogP contribution in [0, 0.1) is 5.92 Å². The van der Waals surface area contributed by atoms with Crippen LogP contribution >= 0.6 is 15.9 Å². The minimum Gasteiger partial charge on any atom is -0.491 e. The molecule has 2 atom stereocenters. The minimum absolute atomic E-state index is 0.0377. The molecule has 2 N–H and O–H groups in total. The van der Waals surface area contributed by atoms with Crippen molar-refractivity contribution in [1.29, 1.82) is 0 Å². The number of rotatable bonds is 5. The summed E-state index contributed by atoms with van der Waals surface area (Å²) >= 11 is 3.55. The molecule has 2 unspecified atom stereocenters. The lowest BCUT2D eigenvalue weighted by Crippen LogP contribution is -2.46. The zero-order chi connectivity index (χ0) is 17.2. The van der Waals surface area contributed by atoms with Crippen LogP contribution < -0.4 is 5.73 Å². The summed E-state index contributed by atoms with van der Waals surface area (Å²) in [6.45, 7) is 0.260. The number of nitrogens with zero attached hydrogens (tertiary/aromatic N) is 2. The highest BCUT2D eigenvalue weighted by molar-refractivity contribution is 9.09. The lowest BCUT2D eigenvalue weighted by Gasteiger charge is -2.31. The quantitative estimate of drug-likeness (QED) is 0.727. The first-order valence-corrected chi connectivity index (χ1v) is 9.70. The Labute approximate surface area is 152 Å². The lowest BCUT2D eigenvalue weighted by atomic mass is 9.79. The summed E-state index contributed by atoms with van der Waals surface area (Å²) in [5.74, 6) is 1.60. The monoisotopic (exact) mass is 395 g/mol. The molecule has 1 fully saturated rings. The third kappa shape index (κ3) is 3.68. The van der Waals surface area contributed by atoms with Gasteiger partial charge in [-0.2, -0.15) is 0 Å². The van der Waals surface area contributed by atoms with E-state index in [1.54, 1.807) is 7.05 Å². The molecule has 1 aliphatic heterocycles. The second-order valence-corrected chi connectivity index (χ2v) is 8.26. The number of aliphatic imine (C=N–C) groups is 1. The van der Waals surface area contributed by atoms with E-state index in [1.165, 1.54) is 37.0 Å². The van der Waals surface area contributed by atoms with Crippen molar-refractivity contribution in [2.24, 2.45) is 16.6 Å². The zero-order valence-electron chi connectivity index (χ0n) is 14.2. The van der Waals surface area contributed by atoms with Gasteiger partial charge in [0.05, 0.1) is 0 Å². The molecule has 5 nitrogen and oxygen atoms in total. The first kappa shape index (κ1) is 17.5. The van der Waals surface area contributed by atoms with Crippen LogP contribution in [0.2, 0.25) is 0 Å². The molecule has 24 heavy (non-hydrogen) atoms. The van der Waals surface area contributed by atoms with Crippen LogP contribution in [0.5, 0.6) is 0 Å². The summed E-state index contributed by atoms with van der Waals surface area (Å²) in [5, 5.41) is 0. The normalized spacial score (nSPS) is 31.2. The van der Waals surface area contributed by atoms with Crippen molar-refractivity contribution in [3.8, 4) is 0 Å². The van der Waals surface area contributed by atoms with E-state index in [0.29, 0.717) is 16.7 Å². The Morgan fingerprint density at radius 2 is 2.17 bits per heavy atom. The van der Waals surface area contributed by atoms with Crippen LogP contribution in [-0.4, -0.2) is 40.8 Å². The fourth-order valence-corrected chi connectivity index (χ4v) is 4.14. The molecule has 1 amide bonds. The minimum atomic E-state index is -0.860. The molecule has 0 saturated heterocycles. The molecule has 0 radical (unpaired) electrons. The molecular weight excluding hydrogens is 370 g/mol. The Morgan fingerprint density at radius 1 is 1.42 bits per heavy atom. The summed E-state index contributed by atoms with van der Waals surface area (Å²) in [4.78, 5) is 19.2. The lowest BCUT2D eigenvalue weighted by molar-refractivity contribution is -0.132. The van der Waals surface area contributed by atoms with Gasteiger partial charge in [0, 0.05) is 11.9 Å². The average Bonchev–Trinajstić information content (AvgIpc) is 2.80. The van der Waals surface area contributed by atoms with Crippen LogP contribution in [0.3, 0.4) is 0 Å². The predicted octanol–water partition coefficient (Wildman–Crippen LogP) is 3.11. The topological polar surface area (TPSA) is 67.9 Å². The Hall–Kier alpha value is -1.30. The number of likely N-dealkylation sites (N-methyl/N-ethyl adjacent to an activating group) is 1. The van der Waals surface area contributed by atoms with E-state index in [1.807, 2.05) is 12.2 Å². The average molecular weight is 396 g/mol. The molecular formula is C18H26BrN3O2. The maximum absolute atomic E-state index is 12.8. The highest BCUT2D eigenvalue weighted by Crippen LogP contribution is 2.36. The Balaban J connectivity index is 1.73. The van der Waals surface area contributed by atoms with Crippen LogP contribution in [0.15, 0.2) is 29.0 Å². The van der Waals surface area contributed by atoms with E-state index in [4.69, 9.17) is 10.5 Å². The number of nitrogens with two attached hydrogens (primary N) is 1. The van der Waals surface area contributed by atoms with Crippen LogP contribution in [0.4, 0.5) is 0 Å². The zero-order valence-corrected chi connectivity index (χ0v) is 15.8. The van der Waals surface area contributed by atoms with E-state index in [2.05, 4.69) is 27.0 Å². The molecule has 0 spiro atoms. The van der Waals surface area contributed by atoms with Gasteiger partial charge in [-0.15, -0.1) is 0 Å². The summed E-state index contributed by atoms with van der Waals surface area (Å²) < 4.78 is 5.97. The van der Waals surface area contributed by atoms with Gasteiger partial charge in [-0.1, -0.05) is 54.1 Å². The number of ether oxygens (including phenoxy) is 1. The van der Waals surface area contributed by atoms with Gasteiger partial charge < -0.3 is 10.5 Å². The summed E-state index contributed by atoms with van der Waals surface area (Å²) in [7, 11) is 1.69. The van der Waals surface area contributed by atoms with E-state index >= 15 is 0 Å². The van der Waals surface area contributed by atoms with Gasteiger partial charge in [0.2, 0.25) is 0 Å². The molecule has 132 valence electrons. The summed E-state index contributed by atoms with van der Waals surface area (Å²) in [5.41, 5.74) is 5.08. The highest BCUT2D eigenvalue weighted by atomic mass is 79.9. The molecule has 0 aromatic heterocycles. The molecule has 1 saturated carbocycles. The first-order valence-electron chi connectivity index (χ1n) is 8.79. The number of amides is 1. The standard InChI is InChI=1S/C18H26BrN3O2/c1-22-16(23)18(21-17(22)20,11-13-5-3-2-4-6-13)12-24-15-9-7-14(19)8-10-15/h7,9-10,13-14H,2-6,8,11-12H2,1H3,(H2,20,21). The highest BCUT2D eigenvalue weighted by Gasteiger charge is 2.48. The van der Waals surface area contributed by atoms with E-state index in [9.17, 15) is 4.79 Å². The van der Waals surface area contributed by atoms with Crippen molar-refractivity contribution in [1.82, 2.24) is 4.90 Å². The maximum atomic E-state index is 12.8. The number of guanidine groups is 1. The Bertz CT molecular complexity index is 581. The van der Waals surface area contributed by atoms with Gasteiger partial charge in [-0.05, 0) is 30.9 Å². The number of carbonyl (C=O) groups is 1. The van der Waals surface area contributed by atoms with Crippen molar-refractivity contribution in [2.45, 2.75) is 55.3 Å². The van der Waals surface area contributed by atoms with E-state index in [0.717, 1.165) is 18.6 Å². The molecule has 0 bridgehead atoms. The number of halogens is 1. The Morgan fingerprint density at radius 3 is 2.75 bits per heavy atom. The third-order valence-electron chi connectivity index (χ3n) is 5.22. The molecule has 6 heteroatoms. The number of hydrogen-bond donors (Lipinski definition) is 1. The van der Waals surface area contributed by atoms with Crippen molar-refractivity contribution in [3.63, 3.8) is 0 Å². The van der Waals surface area contributed by atoms with Gasteiger partial charge >= 0.3 is 0 Å². The summed E-state index contributed by atoms with van der Waals surface area (Å²) in [6.07, 6.45) is 13.8. The number of alkyl halides is 1. The second kappa shape index (κ2) is 7.30. The third-order valence-corrected chi connectivity index (χ3v) is 5.90. The molecule has 3 rings (SSSR count). The number of carbonyl (C=O) groups excluding carboxylic acids is 1. The molecule has 1 heterocycles. The second-order valence-electron chi connectivity index (χ2n) is 7.08. The van der Waals surface area contributed by atoms with Crippen LogP contribution in [0.1, 0.15) is 44.9 Å². The number of allylic oxidation sites excluding steroid dienone is 3. The summed E-state index contributed by atoms with van der Waals surface area (Å²) in [6, 6.07) is 0. The molecule has 2 aliphatic carbocycles. The van der Waals surface area contributed by atoms with E-state index < -0.39 is 5.54 Å². The molecule has 0 aromatic carbocycles. The largest absolute Gasteiger partial charge is 0.491 e. The SMILES string of the molecule is CN1C(=O)C(COC2=CCC(Br)C=C2)(CC2CCCCC2)N=C1N. The van der Waals surface area contributed by atoms with E-state index in [-0.39, 0.29) is 12.5 Å². The number of hydrogen-bond acceptors (Lipinski definition) is 4. The van der Waals surface area contributed by atoms with Crippen molar-refractivity contribution in [2.75, 3.05) is 13.7 Å². The molecule has 3 aliphatic rings. The van der Waals surface area contributed by atoms with Gasteiger partial charge in [0.25, 0.3) is 5.91 Å². The predicted molar refractivity (Wildman–Crippen MR) is 98.8 cm³/mol. The fourth-order valence-electron chi connectivity index (χ4n) is 3.80. The van der Waals surface area contributed by atoms with Crippen LogP contribution in [-0.2, 0) is 9.53 Å². The molecule has 0 aromatic rings. The van der Waals surface area contributed by atoms with Crippen molar-refractivity contribution < 1.29 is 9.53 Å². The van der Waals surface area contributed by atoms with Crippen molar-refractivity contribution >= 4 is 27.8 Å². The fraction of sp³-hybridized carbons (Fsp3) is 0.667. The van der Waals surface area contributed by atoms with Gasteiger partial charge in [-0.25, -0.2) is 4.99 Å². The first-order chi connectivity index (χ1) is 11.5. The maximum Gasteiger partial charge on any atom is 0.260 e. The van der Waals surface area contributed by atoms with Crippen LogP contribution in [0.25, 0.3) is 0 Å². The van der Waals surface area contributed by atoms with Crippen molar-refractivity contribution in [3.05, 3.63) is 24.0 Å². The Kier molecular flexibility index (Phi) is 5.33. The van der Waals surface area contributed by atoms with Gasteiger partial charge in [0.15, 0.2) is 11.5 Å². The van der Waals surface area contributed by atoms with Gasteiger partial charge in [-0.3, -0.25) is 9.69 Å². The van der Waals surface area contributed by atoms with Gasteiger partial charge in [0.1, 0.15) is 12.4 Å².